The molecular weight excluding hydrogens is 328 g/mol. The van der Waals surface area contributed by atoms with Crippen LogP contribution < -0.4 is 20.1 Å². The predicted octanol–water partition coefficient (Wildman–Crippen LogP) is 4.35. The molecule has 7 heteroatoms. The van der Waals surface area contributed by atoms with Gasteiger partial charge in [-0.15, -0.1) is 0 Å². The Labute approximate surface area is 143 Å². The summed E-state index contributed by atoms with van der Waals surface area (Å²) in [5.74, 6) is 2.74. The van der Waals surface area contributed by atoms with Crippen molar-refractivity contribution in [1.29, 1.82) is 0 Å². The summed E-state index contributed by atoms with van der Waals surface area (Å²) in [6.07, 6.45) is 1.48. The van der Waals surface area contributed by atoms with Crippen LogP contribution in [-0.2, 0) is 0 Å². The van der Waals surface area contributed by atoms with Gasteiger partial charge in [-0.05, 0) is 24.3 Å². The number of fused-ring (bicyclic) bond motifs is 1. The highest BCUT2D eigenvalue weighted by atomic mass is 35.5. The number of nitrogens with one attached hydrogen (secondary N) is 2. The van der Waals surface area contributed by atoms with E-state index < -0.39 is 0 Å². The van der Waals surface area contributed by atoms with Crippen LogP contribution in [0.5, 0.6) is 11.5 Å². The second-order valence-electron chi connectivity index (χ2n) is 5.09. The Morgan fingerprint density at radius 3 is 2.54 bits per heavy atom. The van der Waals surface area contributed by atoms with Gasteiger partial charge in [-0.3, -0.25) is 0 Å². The first kappa shape index (κ1) is 14.6. The summed E-state index contributed by atoms with van der Waals surface area (Å²) >= 11 is 6.15. The minimum atomic E-state index is 0.248. The van der Waals surface area contributed by atoms with Crippen molar-refractivity contribution in [2.24, 2.45) is 0 Å². The van der Waals surface area contributed by atoms with E-state index in [2.05, 4.69) is 20.6 Å². The number of hydrogen-bond acceptors (Lipinski definition) is 6. The Balaban J connectivity index is 1.53. The average Bonchev–Trinajstić information content (AvgIpc) is 3.05. The van der Waals surface area contributed by atoms with Gasteiger partial charge in [0.15, 0.2) is 11.5 Å². The normalized spacial score (nSPS) is 12.0. The number of anilines is 4. The lowest BCUT2D eigenvalue weighted by Gasteiger charge is -2.10. The second-order valence-corrected chi connectivity index (χ2v) is 5.49. The van der Waals surface area contributed by atoms with Crippen LogP contribution in [0.2, 0.25) is 5.02 Å². The smallest absolute Gasteiger partial charge is 0.231 e. The summed E-state index contributed by atoms with van der Waals surface area (Å²) in [6.45, 7) is 0.248. The van der Waals surface area contributed by atoms with Gasteiger partial charge in [0.1, 0.15) is 18.0 Å². The van der Waals surface area contributed by atoms with E-state index >= 15 is 0 Å². The summed E-state index contributed by atoms with van der Waals surface area (Å²) in [4.78, 5) is 8.43. The van der Waals surface area contributed by atoms with Crippen molar-refractivity contribution in [2.45, 2.75) is 0 Å². The Bertz CT molecular complexity index is 888. The molecule has 6 nitrogen and oxygen atoms in total. The first-order valence-corrected chi connectivity index (χ1v) is 7.66. The quantitative estimate of drug-likeness (QED) is 0.736. The summed E-state index contributed by atoms with van der Waals surface area (Å²) in [5.41, 5.74) is 1.63. The minimum Gasteiger partial charge on any atom is -0.454 e. The van der Waals surface area contributed by atoms with E-state index in [0.29, 0.717) is 22.4 Å². The molecule has 0 spiro atoms. The molecule has 0 fully saturated rings. The summed E-state index contributed by atoms with van der Waals surface area (Å²) in [5, 5.41) is 7.01. The third-order valence-corrected chi connectivity index (χ3v) is 3.78. The van der Waals surface area contributed by atoms with Gasteiger partial charge in [-0.1, -0.05) is 23.7 Å². The van der Waals surface area contributed by atoms with Crippen LogP contribution >= 0.6 is 11.6 Å². The summed E-state index contributed by atoms with van der Waals surface area (Å²) < 4.78 is 10.7. The molecule has 0 saturated heterocycles. The zero-order valence-electron chi connectivity index (χ0n) is 12.5. The van der Waals surface area contributed by atoms with E-state index in [4.69, 9.17) is 21.1 Å². The molecule has 1 aliphatic heterocycles. The van der Waals surface area contributed by atoms with Crippen molar-refractivity contribution in [2.75, 3.05) is 17.4 Å². The van der Waals surface area contributed by atoms with E-state index in [9.17, 15) is 0 Å². The van der Waals surface area contributed by atoms with Gasteiger partial charge in [0.25, 0.3) is 0 Å². The third-order valence-electron chi connectivity index (χ3n) is 3.45. The maximum Gasteiger partial charge on any atom is 0.231 e. The van der Waals surface area contributed by atoms with E-state index in [1.165, 1.54) is 6.33 Å². The standard InChI is InChI=1S/C17H13ClN4O2/c18-12-3-1-2-4-13(12)22-17-8-16(19-9-20-17)21-11-5-6-14-15(7-11)24-10-23-14/h1-9H,10H2,(H2,19,20,21,22). The number of hydrogen-bond donors (Lipinski definition) is 2. The van der Waals surface area contributed by atoms with Crippen molar-refractivity contribution < 1.29 is 9.47 Å². The van der Waals surface area contributed by atoms with Crippen molar-refractivity contribution in [3.05, 3.63) is 59.9 Å². The lowest BCUT2D eigenvalue weighted by Crippen LogP contribution is -1.98. The van der Waals surface area contributed by atoms with Crippen LogP contribution in [0, 0.1) is 0 Å². The number of halogens is 1. The van der Waals surface area contributed by atoms with Crippen molar-refractivity contribution in [3.63, 3.8) is 0 Å². The fraction of sp³-hybridized carbons (Fsp3) is 0.0588. The van der Waals surface area contributed by atoms with Crippen LogP contribution in [0.1, 0.15) is 0 Å². The molecule has 0 unspecified atom stereocenters. The van der Waals surface area contributed by atoms with E-state index in [-0.39, 0.29) is 6.79 Å². The molecule has 2 heterocycles. The van der Waals surface area contributed by atoms with E-state index in [0.717, 1.165) is 17.1 Å². The topological polar surface area (TPSA) is 68.3 Å². The number of rotatable bonds is 4. The summed E-state index contributed by atoms with van der Waals surface area (Å²) in [7, 11) is 0. The molecule has 0 atom stereocenters. The number of ether oxygens (including phenoxy) is 2. The Morgan fingerprint density at radius 1 is 0.875 bits per heavy atom. The lowest BCUT2D eigenvalue weighted by molar-refractivity contribution is 0.174. The molecule has 2 aromatic carbocycles. The molecular formula is C17H13ClN4O2. The van der Waals surface area contributed by atoms with Gasteiger partial charge >= 0.3 is 0 Å². The fourth-order valence-corrected chi connectivity index (χ4v) is 2.50. The lowest BCUT2D eigenvalue weighted by atomic mass is 10.2. The highest BCUT2D eigenvalue weighted by Crippen LogP contribution is 2.35. The maximum atomic E-state index is 6.15. The molecule has 1 aromatic heterocycles. The number of benzene rings is 2. The SMILES string of the molecule is Clc1ccccc1Nc1cc(Nc2ccc3c(c2)OCO3)ncn1. The molecule has 1 aliphatic rings. The molecule has 3 aromatic rings. The third kappa shape index (κ3) is 3.04. The van der Waals surface area contributed by atoms with Crippen molar-refractivity contribution in [3.8, 4) is 11.5 Å². The largest absolute Gasteiger partial charge is 0.454 e. The van der Waals surface area contributed by atoms with E-state index in [1.54, 1.807) is 6.07 Å². The van der Waals surface area contributed by atoms with Crippen LogP contribution in [0.15, 0.2) is 54.9 Å². The maximum absolute atomic E-state index is 6.15. The highest BCUT2D eigenvalue weighted by molar-refractivity contribution is 6.33. The molecule has 0 aliphatic carbocycles. The Morgan fingerprint density at radius 2 is 1.67 bits per heavy atom. The van der Waals surface area contributed by atoms with Crippen molar-refractivity contribution in [1.82, 2.24) is 9.97 Å². The molecule has 4 rings (SSSR count). The van der Waals surface area contributed by atoms with Crippen molar-refractivity contribution >= 4 is 34.6 Å². The number of aromatic nitrogens is 2. The fourth-order valence-electron chi connectivity index (χ4n) is 2.32. The van der Waals surface area contributed by atoms with Gasteiger partial charge in [-0.2, -0.15) is 0 Å². The minimum absolute atomic E-state index is 0.248. The second kappa shape index (κ2) is 6.25. The average molecular weight is 341 g/mol. The van der Waals surface area contributed by atoms with Crippen LogP contribution in [0.25, 0.3) is 0 Å². The van der Waals surface area contributed by atoms with Gasteiger partial charge in [0, 0.05) is 17.8 Å². The van der Waals surface area contributed by atoms with Gasteiger partial charge in [0.05, 0.1) is 10.7 Å². The number of para-hydroxylation sites is 1. The highest BCUT2D eigenvalue weighted by Gasteiger charge is 2.13. The Kier molecular flexibility index (Phi) is 3.80. The molecule has 120 valence electrons. The van der Waals surface area contributed by atoms with E-state index in [1.807, 2.05) is 42.5 Å². The van der Waals surface area contributed by atoms with Gasteiger partial charge < -0.3 is 20.1 Å². The molecule has 0 amide bonds. The van der Waals surface area contributed by atoms with Gasteiger partial charge in [0.2, 0.25) is 6.79 Å². The predicted molar refractivity (Wildman–Crippen MR) is 92.6 cm³/mol. The molecule has 0 bridgehead atoms. The van der Waals surface area contributed by atoms with Gasteiger partial charge in [-0.25, -0.2) is 9.97 Å². The first-order chi connectivity index (χ1) is 11.8. The molecule has 0 saturated carbocycles. The van der Waals surface area contributed by atoms with Crippen LogP contribution in [0.3, 0.4) is 0 Å². The molecule has 24 heavy (non-hydrogen) atoms. The zero-order valence-corrected chi connectivity index (χ0v) is 13.2. The zero-order chi connectivity index (χ0) is 16.4. The van der Waals surface area contributed by atoms with Crippen LogP contribution in [-0.4, -0.2) is 16.8 Å². The summed E-state index contributed by atoms with van der Waals surface area (Å²) in [6, 6.07) is 14.9. The monoisotopic (exact) mass is 340 g/mol. The first-order valence-electron chi connectivity index (χ1n) is 7.28. The molecule has 0 radical (unpaired) electrons. The van der Waals surface area contributed by atoms with Crippen LogP contribution in [0.4, 0.5) is 23.0 Å². The number of nitrogens with zero attached hydrogens (tertiary/aromatic N) is 2. The Hall–Kier alpha value is -2.99. The molecule has 2 N–H and O–H groups in total.